The smallest absolute Gasteiger partial charge is 0.119 e. The van der Waals surface area contributed by atoms with E-state index in [1.807, 2.05) is 24.3 Å². The summed E-state index contributed by atoms with van der Waals surface area (Å²) >= 11 is 3.55. The lowest BCUT2D eigenvalue weighted by Crippen LogP contribution is -1.90. The molecule has 0 N–H and O–H groups in total. The number of methoxy groups -OCH3 is 1. The van der Waals surface area contributed by atoms with E-state index in [2.05, 4.69) is 46.3 Å². The molecule has 1 heterocycles. The van der Waals surface area contributed by atoms with Crippen molar-refractivity contribution < 1.29 is 9.47 Å². The first-order valence-corrected chi connectivity index (χ1v) is 7.28. The molecule has 0 spiro atoms. The molecule has 0 bridgehead atoms. The Morgan fingerprint density at radius 3 is 2.95 bits per heavy atom. The van der Waals surface area contributed by atoms with Crippen LogP contribution in [-0.2, 0) is 11.3 Å². The van der Waals surface area contributed by atoms with Crippen LogP contribution in [0.25, 0.3) is 6.08 Å². The minimum atomic E-state index is 0.0318. The molecule has 0 aromatic heterocycles. The number of hydrogen-bond acceptors (Lipinski definition) is 2. The highest BCUT2D eigenvalue weighted by Gasteiger charge is 2.19. The summed E-state index contributed by atoms with van der Waals surface area (Å²) in [6, 6.07) is 14.3. The second-order valence-corrected chi connectivity index (χ2v) is 5.53. The number of fused-ring (bicyclic) bond motifs is 1. The lowest BCUT2D eigenvalue weighted by molar-refractivity contribution is 0.0996. The Kier molecular flexibility index (Phi) is 3.90. The third-order valence-corrected chi connectivity index (χ3v) is 4.16. The Balaban J connectivity index is 1.85. The zero-order chi connectivity index (χ0) is 13.9. The molecule has 102 valence electrons. The van der Waals surface area contributed by atoms with Crippen molar-refractivity contribution in [1.82, 2.24) is 0 Å². The molecule has 2 aromatic rings. The normalized spacial score (nSPS) is 17.4. The van der Waals surface area contributed by atoms with E-state index >= 15 is 0 Å². The molecule has 0 fully saturated rings. The van der Waals surface area contributed by atoms with E-state index in [1.165, 1.54) is 11.1 Å². The molecule has 0 amide bonds. The highest BCUT2D eigenvalue weighted by molar-refractivity contribution is 9.10. The van der Waals surface area contributed by atoms with Gasteiger partial charge in [0, 0.05) is 4.47 Å². The molecule has 0 saturated carbocycles. The zero-order valence-electron chi connectivity index (χ0n) is 11.2. The molecule has 0 radical (unpaired) electrons. The van der Waals surface area contributed by atoms with Gasteiger partial charge in [0.15, 0.2) is 0 Å². The first-order valence-electron chi connectivity index (χ1n) is 6.49. The zero-order valence-corrected chi connectivity index (χ0v) is 12.8. The van der Waals surface area contributed by atoms with Gasteiger partial charge in [0.25, 0.3) is 0 Å². The molecule has 1 aliphatic heterocycles. The maximum atomic E-state index is 5.81. The number of halogens is 1. The molecule has 1 unspecified atom stereocenters. The lowest BCUT2D eigenvalue weighted by atomic mass is 10.0. The van der Waals surface area contributed by atoms with E-state index in [0.29, 0.717) is 6.61 Å². The average molecular weight is 331 g/mol. The van der Waals surface area contributed by atoms with E-state index in [9.17, 15) is 0 Å². The summed E-state index contributed by atoms with van der Waals surface area (Å²) in [4.78, 5) is 0. The van der Waals surface area contributed by atoms with Crippen LogP contribution < -0.4 is 4.74 Å². The molecule has 0 aliphatic carbocycles. The second kappa shape index (κ2) is 5.81. The molecule has 20 heavy (non-hydrogen) atoms. The van der Waals surface area contributed by atoms with Crippen LogP contribution in [0.4, 0.5) is 0 Å². The Labute approximate surface area is 127 Å². The van der Waals surface area contributed by atoms with Crippen LogP contribution in [-0.4, -0.2) is 7.11 Å². The monoisotopic (exact) mass is 330 g/mol. The summed E-state index contributed by atoms with van der Waals surface area (Å²) in [5, 5.41) is 0. The van der Waals surface area contributed by atoms with Gasteiger partial charge in [-0.3, -0.25) is 0 Å². The standard InChI is InChI=1S/C17H15BrO2/c1-19-14-7-8-16(18)12(10-14)6-9-17-15-5-3-2-4-13(15)11-20-17/h2-10,17H,11H2,1H3/b9-6+. The van der Waals surface area contributed by atoms with Gasteiger partial charge in [-0.25, -0.2) is 0 Å². The average Bonchev–Trinajstić information content (AvgIpc) is 2.90. The van der Waals surface area contributed by atoms with Crippen molar-refractivity contribution >= 4 is 22.0 Å². The summed E-state index contributed by atoms with van der Waals surface area (Å²) in [5.74, 6) is 0.848. The Morgan fingerprint density at radius 2 is 2.10 bits per heavy atom. The van der Waals surface area contributed by atoms with Crippen molar-refractivity contribution in [2.45, 2.75) is 12.7 Å². The van der Waals surface area contributed by atoms with E-state index in [0.717, 1.165) is 15.8 Å². The second-order valence-electron chi connectivity index (χ2n) is 4.68. The van der Waals surface area contributed by atoms with Crippen LogP contribution >= 0.6 is 15.9 Å². The van der Waals surface area contributed by atoms with Crippen LogP contribution in [0.2, 0.25) is 0 Å². The van der Waals surface area contributed by atoms with Gasteiger partial charge >= 0.3 is 0 Å². The Bertz CT molecular complexity index is 649. The fourth-order valence-electron chi connectivity index (χ4n) is 2.34. The van der Waals surface area contributed by atoms with Crippen LogP contribution in [0, 0.1) is 0 Å². The number of rotatable bonds is 3. The maximum absolute atomic E-state index is 5.81. The van der Waals surface area contributed by atoms with Gasteiger partial charge < -0.3 is 9.47 Å². The van der Waals surface area contributed by atoms with E-state index in [1.54, 1.807) is 7.11 Å². The van der Waals surface area contributed by atoms with Crippen LogP contribution in [0.1, 0.15) is 22.8 Å². The quantitative estimate of drug-likeness (QED) is 0.809. The number of ether oxygens (including phenoxy) is 2. The molecule has 2 aromatic carbocycles. The number of hydrogen-bond donors (Lipinski definition) is 0. The molecule has 3 heteroatoms. The van der Waals surface area contributed by atoms with Crippen LogP contribution in [0.5, 0.6) is 5.75 Å². The fraction of sp³-hybridized carbons (Fsp3) is 0.176. The fourth-order valence-corrected chi connectivity index (χ4v) is 2.72. The number of benzene rings is 2. The van der Waals surface area contributed by atoms with Crippen molar-refractivity contribution in [3.8, 4) is 5.75 Å². The lowest BCUT2D eigenvalue weighted by Gasteiger charge is -2.07. The summed E-state index contributed by atoms with van der Waals surface area (Å²) in [6.45, 7) is 0.685. The van der Waals surface area contributed by atoms with Crippen LogP contribution in [0.3, 0.4) is 0 Å². The van der Waals surface area contributed by atoms with Gasteiger partial charge in [0.2, 0.25) is 0 Å². The Hall–Kier alpha value is -1.58. The van der Waals surface area contributed by atoms with E-state index in [-0.39, 0.29) is 6.10 Å². The summed E-state index contributed by atoms with van der Waals surface area (Å²) < 4.78 is 12.1. The van der Waals surface area contributed by atoms with Gasteiger partial charge in [-0.15, -0.1) is 0 Å². The van der Waals surface area contributed by atoms with Crippen molar-refractivity contribution in [1.29, 1.82) is 0 Å². The predicted molar refractivity (Wildman–Crippen MR) is 83.7 cm³/mol. The minimum Gasteiger partial charge on any atom is -0.497 e. The van der Waals surface area contributed by atoms with Gasteiger partial charge in [-0.2, -0.15) is 0 Å². The van der Waals surface area contributed by atoms with Gasteiger partial charge in [-0.1, -0.05) is 52.3 Å². The van der Waals surface area contributed by atoms with Gasteiger partial charge in [0.05, 0.1) is 13.7 Å². The van der Waals surface area contributed by atoms with Crippen LogP contribution in [0.15, 0.2) is 53.0 Å². The first-order chi connectivity index (χ1) is 9.78. The van der Waals surface area contributed by atoms with Crippen molar-refractivity contribution in [3.05, 3.63) is 69.7 Å². The van der Waals surface area contributed by atoms with Crippen molar-refractivity contribution in [3.63, 3.8) is 0 Å². The molecule has 0 saturated heterocycles. The molecular weight excluding hydrogens is 316 g/mol. The SMILES string of the molecule is COc1ccc(Br)c(/C=C/C2OCc3ccccc32)c1. The topological polar surface area (TPSA) is 18.5 Å². The molecule has 2 nitrogen and oxygen atoms in total. The first kappa shape index (κ1) is 13.4. The Morgan fingerprint density at radius 1 is 1.25 bits per heavy atom. The summed E-state index contributed by atoms with van der Waals surface area (Å²) in [6.07, 6.45) is 4.19. The largest absolute Gasteiger partial charge is 0.497 e. The highest BCUT2D eigenvalue weighted by Crippen LogP contribution is 2.32. The predicted octanol–water partition coefficient (Wildman–Crippen LogP) is 4.74. The molecular formula is C17H15BrO2. The summed E-state index contributed by atoms with van der Waals surface area (Å²) in [5.41, 5.74) is 3.60. The van der Waals surface area contributed by atoms with Gasteiger partial charge in [0.1, 0.15) is 11.9 Å². The third kappa shape index (κ3) is 2.65. The van der Waals surface area contributed by atoms with Crippen molar-refractivity contribution in [2.75, 3.05) is 7.11 Å². The van der Waals surface area contributed by atoms with Crippen molar-refractivity contribution in [2.24, 2.45) is 0 Å². The van der Waals surface area contributed by atoms with Gasteiger partial charge in [-0.05, 0) is 34.9 Å². The summed E-state index contributed by atoms with van der Waals surface area (Å²) in [7, 11) is 1.67. The van der Waals surface area contributed by atoms with E-state index < -0.39 is 0 Å². The minimum absolute atomic E-state index is 0.0318. The molecule has 3 rings (SSSR count). The highest BCUT2D eigenvalue weighted by atomic mass is 79.9. The molecule has 1 aliphatic rings. The maximum Gasteiger partial charge on any atom is 0.119 e. The molecule has 1 atom stereocenters. The third-order valence-electron chi connectivity index (χ3n) is 3.43. The van der Waals surface area contributed by atoms with E-state index in [4.69, 9.17) is 9.47 Å².